The summed E-state index contributed by atoms with van der Waals surface area (Å²) < 4.78 is 1.81. The molecule has 1 fully saturated rings. The van der Waals surface area contributed by atoms with Crippen LogP contribution in [0.4, 0.5) is 5.69 Å². The standard InChI is InChI=1S/C9H16N4/c1-12-8-9(7-11-12)10-3-6-13-4-2-5-13/h7-8,10H,2-6H2,1H3. The molecule has 0 amide bonds. The quantitative estimate of drug-likeness (QED) is 0.734. The molecule has 1 saturated heterocycles. The first-order valence-electron chi connectivity index (χ1n) is 4.79. The van der Waals surface area contributed by atoms with E-state index in [2.05, 4.69) is 15.3 Å². The summed E-state index contributed by atoms with van der Waals surface area (Å²) in [6.45, 7) is 4.71. The largest absolute Gasteiger partial charge is 0.381 e. The van der Waals surface area contributed by atoms with Gasteiger partial charge in [-0.15, -0.1) is 0 Å². The number of anilines is 1. The monoisotopic (exact) mass is 180 g/mol. The maximum absolute atomic E-state index is 4.09. The summed E-state index contributed by atoms with van der Waals surface area (Å²) in [5.74, 6) is 0. The summed E-state index contributed by atoms with van der Waals surface area (Å²) in [5.41, 5.74) is 1.11. The van der Waals surface area contributed by atoms with Crippen LogP contribution in [0.25, 0.3) is 0 Å². The molecule has 0 atom stereocenters. The normalized spacial score (nSPS) is 17.0. The van der Waals surface area contributed by atoms with Crippen LogP contribution in [0.2, 0.25) is 0 Å². The number of rotatable bonds is 4. The molecule has 0 radical (unpaired) electrons. The summed E-state index contributed by atoms with van der Waals surface area (Å²) in [4.78, 5) is 2.45. The van der Waals surface area contributed by atoms with Crippen molar-refractivity contribution in [3.63, 3.8) is 0 Å². The van der Waals surface area contributed by atoms with Crippen LogP contribution in [0, 0.1) is 0 Å². The number of likely N-dealkylation sites (tertiary alicyclic amines) is 1. The molecule has 1 aromatic rings. The Balaban J connectivity index is 1.67. The van der Waals surface area contributed by atoms with Crippen molar-refractivity contribution in [2.75, 3.05) is 31.5 Å². The van der Waals surface area contributed by atoms with Gasteiger partial charge in [0, 0.05) is 26.3 Å². The fourth-order valence-electron chi connectivity index (χ4n) is 1.48. The number of hydrogen-bond donors (Lipinski definition) is 1. The highest BCUT2D eigenvalue weighted by Crippen LogP contribution is 2.06. The molecule has 2 heterocycles. The third kappa shape index (κ3) is 2.21. The highest BCUT2D eigenvalue weighted by molar-refractivity contribution is 5.37. The highest BCUT2D eigenvalue weighted by atomic mass is 15.3. The zero-order chi connectivity index (χ0) is 9.10. The molecule has 4 heteroatoms. The van der Waals surface area contributed by atoms with Crippen molar-refractivity contribution in [1.82, 2.24) is 14.7 Å². The van der Waals surface area contributed by atoms with E-state index >= 15 is 0 Å². The summed E-state index contributed by atoms with van der Waals surface area (Å²) in [6.07, 6.45) is 5.22. The van der Waals surface area contributed by atoms with Crippen molar-refractivity contribution in [2.45, 2.75) is 6.42 Å². The van der Waals surface area contributed by atoms with E-state index < -0.39 is 0 Å². The van der Waals surface area contributed by atoms with E-state index in [0.29, 0.717) is 0 Å². The fraction of sp³-hybridized carbons (Fsp3) is 0.667. The Morgan fingerprint density at radius 2 is 2.38 bits per heavy atom. The molecule has 0 saturated carbocycles. The van der Waals surface area contributed by atoms with Gasteiger partial charge in [0.1, 0.15) is 0 Å². The minimum Gasteiger partial charge on any atom is -0.381 e. The maximum atomic E-state index is 4.09. The van der Waals surface area contributed by atoms with E-state index in [0.717, 1.165) is 18.8 Å². The molecular weight excluding hydrogens is 164 g/mol. The van der Waals surface area contributed by atoms with Gasteiger partial charge in [0.2, 0.25) is 0 Å². The van der Waals surface area contributed by atoms with Crippen LogP contribution < -0.4 is 5.32 Å². The number of hydrogen-bond acceptors (Lipinski definition) is 3. The van der Waals surface area contributed by atoms with Gasteiger partial charge in [-0.2, -0.15) is 5.10 Å². The van der Waals surface area contributed by atoms with Crippen LogP contribution in [0.5, 0.6) is 0 Å². The Morgan fingerprint density at radius 1 is 1.54 bits per heavy atom. The predicted molar refractivity (Wildman–Crippen MR) is 52.8 cm³/mol. The van der Waals surface area contributed by atoms with Gasteiger partial charge in [-0.05, 0) is 19.5 Å². The summed E-state index contributed by atoms with van der Waals surface area (Å²) >= 11 is 0. The van der Waals surface area contributed by atoms with Crippen LogP contribution in [0.3, 0.4) is 0 Å². The summed E-state index contributed by atoms with van der Waals surface area (Å²) in [6, 6.07) is 0. The third-order valence-corrected chi connectivity index (χ3v) is 2.41. The lowest BCUT2D eigenvalue weighted by atomic mass is 10.2. The van der Waals surface area contributed by atoms with Crippen LogP contribution >= 0.6 is 0 Å². The second kappa shape index (κ2) is 3.79. The first-order chi connectivity index (χ1) is 6.34. The molecule has 2 rings (SSSR count). The Morgan fingerprint density at radius 3 is 2.92 bits per heavy atom. The lowest BCUT2D eigenvalue weighted by Crippen LogP contribution is -2.40. The van der Waals surface area contributed by atoms with Crippen LogP contribution in [0.1, 0.15) is 6.42 Å². The molecule has 72 valence electrons. The molecule has 0 bridgehead atoms. The molecule has 0 spiro atoms. The fourth-order valence-corrected chi connectivity index (χ4v) is 1.48. The molecule has 1 aromatic heterocycles. The molecule has 1 aliphatic heterocycles. The molecular formula is C9H16N4. The van der Waals surface area contributed by atoms with Gasteiger partial charge in [0.05, 0.1) is 11.9 Å². The summed E-state index contributed by atoms with van der Waals surface area (Å²) in [5, 5.41) is 7.43. The minimum atomic E-state index is 1.02. The average Bonchev–Trinajstić information content (AvgIpc) is 2.42. The lowest BCUT2D eigenvalue weighted by molar-refractivity contribution is 0.189. The first-order valence-corrected chi connectivity index (χ1v) is 4.79. The van der Waals surface area contributed by atoms with Crippen molar-refractivity contribution in [1.29, 1.82) is 0 Å². The van der Waals surface area contributed by atoms with Gasteiger partial charge in [0.25, 0.3) is 0 Å². The number of nitrogens with zero attached hydrogens (tertiary/aromatic N) is 3. The second-order valence-corrected chi connectivity index (χ2v) is 3.52. The predicted octanol–water partition coefficient (Wildman–Crippen LogP) is 0.538. The van der Waals surface area contributed by atoms with Gasteiger partial charge in [-0.25, -0.2) is 0 Å². The molecule has 1 N–H and O–H groups in total. The van der Waals surface area contributed by atoms with Crippen LogP contribution in [-0.2, 0) is 7.05 Å². The minimum absolute atomic E-state index is 1.02. The first kappa shape index (κ1) is 8.56. The van der Waals surface area contributed by atoms with Gasteiger partial charge in [-0.3, -0.25) is 4.68 Å². The van der Waals surface area contributed by atoms with Gasteiger partial charge < -0.3 is 10.2 Å². The van der Waals surface area contributed by atoms with E-state index in [4.69, 9.17) is 0 Å². The summed E-state index contributed by atoms with van der Waals surface area (Å²) in [7, 11) is 1.93. The Bertz CT molecular complexity index is 264. The van der Waals surface area contributed by atoms with Gasteiger partial charge in [-0.1, -0.05) is 0 Å². The van der Waals surface area contributed by atoms with Crippen molar-refractivity contribution < 1.29 is 0 Å². The molecule has 1 aliphatic rings. The molecule has 13 heavy (non-hydrogen) atoms. The van der Waals surface area contributed by atoms with Crippen molar-refractivity contribution >= 4 is 5.69 Å². The Hall–Kier alpha value is -1.03. The SMILES string of the molecule is Cn1cc(NCCN2CCC2)cn1. The van der Waals surface area contributed by atoms with E-state index in [9.17, 15) is 0 Å². The van der Waals surface area contributed by atoms with E-state index in [1.54, 1.807) is 0 Å². The number of aryl methyl sites for hydroxylation is 1. The van der Waals surface area contributed by atoms with Gasteiger partial charge >= 0.3 is 0 Å². The third-order valence-electron chi connectivity index (χ3n) is 2.41. The van der Waals surface area contributed by atoms with Crippen molar-refractivity contribution in [2.24, 2.45) is 7.05 Å². The van der Waals surface area contributed by atoms with Crippen molar-refractivity contribution in [3.8, 4) is 0 Å². The smallest absolute Gasteiger partial charge is 0.0726 e. The average molecular weight is 180 g/mol. The lowest BCUT2D eigenvalue weighted by Gasteiger charge is -2.30. The molecule has 4 nitrogen and oxygen atoms in total. The van der Waals surface area contributed by atoms with Gasteiger partial charge in [0.15, 0.2) is 0 Å². The Labute approximate surface area is 78.5 Å². The van der Waals surface area contributed by atoms with E-state index in [-0.39, 0.29) is 0 Å². The maximum Gasteiger partial charge on any atom is 0.0726 e. The zero-order valence-electron chi connectivity index (χ0n) is 8.03. The second-order valence-electron chi connectivity index (χ2n) is 3.52. The van der Waals surface area contributed by atoms with Crippen LogP contribution in [0.15, 0.2) is 12.4 Å². The molecule has 0 aromatic carbocycles. The topological polar surface area (TPSA) is 33.1 Å². The number of nitrogens with one attached hydrogen (secondary N) is 1. The molecule has 0 unspecified atom stereocenters. The zero-order valence-corrected chi connectivity index (χ0v) is 8.03. The van der Waals surface area contributed by atoms with Crippen molar-refractivity contribution in [3.05, 3.63) is 12.4 Å². The van der Waals surface area contributed by atoms with Crippen LogP contribution in [-0.4, -0.2) is 40.9 Å². The molecule has 0 aliphatic carbocycles. The van der Waals surface area contributed by atoms with E-state index in [1.165, 1.54) is 19.5 Å². The number of aromatic nitrogens is 2. The Kier molecular flexibility index (Phi) is 2.49. The highest BCUT2D eigenvalue weighted by Gasteiger charge is 2.11. The van der Waals surface area contributed by atoms with E-state index in [1.807, 2.05) is 24.1 Å².